The summed E-state index contributed by atoms with van der Waals surface area (Å²) in [7, 11) is 1.43. The molecule has 1 aliphatic heterocycles. The van der Waals surface area contributed by atoms with Gasteiger partial charge in [0.2, 0.25) is 0 Å². The first kappa shape index (κ1) is 14.9. The second-order valence-electron chi connectivity index (χ2n) is 5.18. The van der Waals surface area contributed by atoms with Crippen molar-refractivity contribution in [3.05, 3.63) is 29.8 Å². The first-order valence-electron chi connectivity index (χ1n) is 7.41. The molecule has 110 valence electrons. The molecule has 0 radical (unpaired) electrons. The van der Waals surface area contributed by atoms with Crippen molar-refractivity contribution in [2.75, 3.05) is 31.6 Å². The molecule has 1 heterocycles. The fraction of sp³-hybridized carbons (Fsp3) is 0.562. The maximum atomic E-state index is 11.0. The molecule has 1 N–H and O–H groups in total. The van der Waals surface area contributed by atoms with Crippen LogP contribution < -0.4 is 10.2 Å². The number of ether oxygens (including phenoxy) is 1. The lowest BCUT2D eigenvalue weighted by Gasteiger charge is -2.21. The van der Waals surface area contributed by atoms with E-state index in [2.05, 4.69) is 39.2 Å². The number of carbonyl (C=O) groups is 1. The largest absolute Gasteiger partial charge is 0.469 e. The Morgan fingerprint density at radius 3 is 2.80 bits per heavy atom. The van der Waals surface area contributed by atoms with Crippen LogP contribution in [-0.2, 0) is 16.1 Å². The van der Waals surface area contributed by atoms with Gasteiger partial charge in [0, 0.05) is 31.7 Å². The van der Waals surface area contributed by atoms with E-state index in [0.717, 1.165) is 19.5 Å². The van der Waals surface area contributed by atoms with Crippen LogP contribution >= 0.6 is 0 Å². The highest BCUT2D eigenvalue weighted by atomic mass is 16.5. The van der Waals surface area contributed by atoms with Crippen molar-refractivity contribution >= 4 is 11.7 Å². The van der Waals surface area contributed by atoms with E-state index in [1.54, 1.807) is 0 Å². The monoisotopic (exact) mass is 276 g/mol. The Kier molecular flexibility index (Phi) is 5.87. The zero-order valence-corrected chi connectivity index (χ0v) is 12.2. The topological polar surface area (TPSA) is 41.6 Å². The van der Waals surface area contributed by atoms with Crippen LogP contribution in [0.2, 0.25) is 0 Å². The second-order valence-corrected chi connectivity index (χ2v) is 5.18. The Hall–Kier alpha value is -1.55. The molecule has 0 unspecified atom stereocenters. The van der Waals surface area contributed by atoms with Gasteiger partial charge in [0.25, 0.3) is 0 Å². The van der Waals surface area contributed by atoms with Gasteiger partial charge in [-0.1, -0.05) is 18.2 Å². The van der Waals surface area contributed by atoms with Gasteiger partial charge in [-0.15, -0.1) is 0 Å². The normalized spacial score (nSPS) is 14.6. The van der Waals surface area contributed by atoms with E-state index < -0.39 is 0 Å². The molecule has 1 aromatic carbocycles. The van der Waals surface area contributed by atoms with Gasteiger partial charge < -0.3 is 15.0 Å². The van der Waals surface area contributed by atoms with Crippen molar-refractivity contribution in [1.82, 2.24) is 5.32 Å². The van der Waals surface area contributed by atoms with E-state index >= 15 is 0 Å². The summed E-state index contributed by atoms with van der Waals surface area (Å²) >= 11 is 0. The Balaban J connectivity index is 1.79. The van der Waals surface area contributed by atoms with E-state index in [0.29, 0.717) is 6.42 Å². The zero-order valence-electron chi connectivity index (χ0n) is 12.2. The quantitative estimate of drug-likeness (QED) is 0.613. The number of para-hydroxylation sites is 1. The van der Waals surface area contributed by atoms with Crippen LogP contribution in [0.5, 0.6) is 0 Å². The number of benzene rings is 1. The van der Waals surface area contributed by atoms with Crippen LogP contribution in [0.3, 0.4) is 0 Å². The van der Waals surface area contributed by atoms with Crippen molar-refractivity contribution in [2.45, 2.75) is 32.2 Å². The average Bonchev–Trinajstić information content (AvgIpc) is 3.01. The Bertz CT molecular complexity index is 428. The lowest BCUT2D eigenvalue weighted by atomic mass is 10.1. The fourth-order valence-electron chi connectivity index (χ4n) is 2.61. The van der Waals surface area contributed by atoms with Gasteiger partial charge in [0.1, 0.15) is 0 Å². The van der Waals surface area contributed by atoms with Crippen LogP contribution in [0.4, 0.5) is 5.69 Å². The summed E-state index contributed by atoms with van der Waals surface area (Å²) in [6, 6.07) is 8.58. The van der Waals surface area contributed by atoms with E-state index in [4.69, 9.17) is 0 Å². The van der Waals surface area contributed by atoms with E-state index in [1.165, 1.54) is 44.3 Å². The fourth-order valence-corrected chi connectivity index (χ4v) is 2.61. The molecular formula is C16H24N2O2. The van der Waals surface area contributed by atoms with Crippen LogP contribution in [-0.4, -0.2) is 32.7 Å². The number of hydrogen-bond donors (Lipinski definition) is 1. The number of rotatable bonds is 7. The van der Waals surface area contributed by atoms with Crippen molar-refractivity contribution in [3.63, 3.8) is 0 Å². The smallest absolute Gasteiger partial charge is 0.305 e. The third-order valence-corrected chi connectivity index (χ3v) is 3.72. The molecule has 4 nitrogen and oxygen atoms in total. The third kappa shape index (κ3) is 4.23. The molecule has 20 heavy (non-hydrogen) atoms. The molecule has 1 saturated heterocycles. The number of esters is 1. The van der Waals surface area contributed by atoms with Crippen LogP contribution in [0.15, 0.2) is 24.3 Å². The highest BCUT2D eigenvalue weighted by Crippen LogP contribution is 2.24. The molecule has 4 heteroatoms. The first-order valence-corrected chi connectivity index (χ1v) is 7.41. The molecule has 2 rings (SSSR count). The standard InChI is InChI=1S/C16H24N2O2/c1-20-16(19)9-6-10-17-13-14-7-2-3-8-15(14)18-11-4-5-12-18/h2-3,7-8,17H,4-6,9-13H2,1H3. The number of methoxy groups -OCH3 is 1. The summed E-state index contributed by atoms with van der Waals surface area (Å²) < 4.78 is 4.63. The Morgan fingerprint density at radius 2 is 2.05 bits per heavy atom. The first-order chi connectivity index (χ1) is 9.81. The lowest BCUT2D eigenvalue weighted by molar-refractivity contribution is -0.140. The van der Waals surface area contributed by atoms with Crippen LogP contribution in [0.25, 0.3) is 0 Å². The van der Waals surface area contributed by atoms with E-state index in [-0.39, 0.29) is 5.97 Å². The number of nitrogens with zero attached hydrogens (tertiary/aromatic N) is 1. The molecule has 1 aliphatic rings. The van der Waals surface area contributed by atoms with E-state index in [9.17, 15) is 4.79 Å². The second kappa shape index (κ2) is 7.90. The number of nitrogens with one attached hydrogen (secondary N) is 1. The summed E-state index contributed by atoms with van der Waals surface area (Å²) in [4.78, 5) is 13.5. The average molecular weight is 276 g/mol. The summed E-state index contributed by atoms with van der Waals surface area (Å²) in [6.45, 7) is 4.02. The highest BCUT2D eigenvalue weighted by molar-refractivity contribution is 5.69. The molecule has 0 spiro atoms. The third-order valence-electron chi connectivity index (χ3n) is 3.72. The van der Waals surface area contributed by atoms with Crippen molar-refractivity contribution < 1.29 is 9.53 Å². The minimum atomic E-state index is -0.135. The van der Waals surface area contributed by atoms with Gasteiger partial charge in [0.15, 0.2) is 0 Å². The summed E-state index contributed by atoms with van der Waals surface area (Å²) in [5.41, 5.74) is 2.69. The summed E-state index contributed by atoms with van der Waals surface area (Å²) in [5, 5.41) is 3.41. The summed E-state index contributed by atoms with van der Waals surface area (Å²) in [6.07, 6.45) is 3.89. The van der Waals surface area contributed by atoms with Crippen LogP contribution in [0, 0.1) is 0 Å². The van der Waals surface area contributed by atoms with Gasteiger partial charge in [-0.25, -0.2) is 0 Å². The predicted octanol–water partition coefficient (Wildman–Crippen LogP) is 2.33. The maximum Gasteiger partial charge on any atom is 0.305 e. The maximum absolute atomic E-state index is 11.0. The molecule has 0 amide bonds. The van der Waals surface area contributed by atoms with Crippen molar-refractivity contribution in [2.24, 2.45) is 0 Å². The Morgan fingerprint density at radius 1 is 1.30 bits per heavy atom. The van der Waals surface area contributed by atoms with Crippen LogP contribution in [0.1, 0.15) is 31.2 Å². The minimum absolute atomic E-state index is 0.135. The molecule has 0 bridgehead atoms. The van der Waals surface area contributed by atoms with Gasteiger partial charge in [-0.05, 0) is 37.4 Å². The molecule has 0 atom stereocenters. The SMILES string of the molecule is COC(=O)CCCNCc1ccccc1N1CCCC1. The number of carbonyl (C=O) groups excluding carboxylic acids is 1. The summed E-state index contributed by atoms with van der Waals surface area (Å²) in [5.74, 6) is -0.135. The zero-order chi connectivity index (χ0) is 14.2. The van der Waals surface area contributed by atoms with Gasteiger partial charge >= 0.3 is 5.97 Å². The van der Waals surface area contributed by atoms with Crippen molar-refractivity contribution in [1.29, 1.82) is 0 Å². The Labute approximate surface area is 121 Å². The predicted molar refractivity (Wildman–Crippen MR) is 80.8 cm³/mol. The molecule has 0 aromatic heterocycles. The molecule has 1 fully saturated rings. The van der Waals surface area contributed by atoms with Crippen molar-refractivity contribution in [3.8, 4) is 0 Å². The van der Waals surface area contributed by atoms with Gasteiger partial charge in [0.05, 0.1) is 7.11 Å². The van der Waals surface area contributed by atoms with Gasteiger partial charge in [-0.2, -0.15) is 0 Å². The molecule has 1 aromatic rings. The molecule has 0 saturated carbocycles. The number of hydrogen-bond acceptors (Lipinski definition) is 4. The number of anilines is 1. The molecular weight excluding hydrogens is 252 g/mol. The van der Waals surface area contributed by atoms with Gasteiger partial charge in [-0.3, -0.25) is 4.79 Å². The lowest BCUT2D eigenvalue weighted by Crippen LogP contribution is -2.22. The van der Waals surface area contributed by atoms with E-state index in [1.807, 2.05) is 0 Å². The highest BCUT2D eigenvalue weighted by Gasteiger charge is 2.14. The minimum Gasteiger partial charge on any atom is -0.469 e. The molecule has 0 aliphatic carbocycles.